The van der Waals surface area contributed by atoms with Crippen LogP contribution in [0.2, 0.25) is 5.02 Å². The number of nitrogens with zero attached hydrogens (tertiary/aromatic N) is 6. The third-order valence-electron chi connectivity index (χ3n) is 5.93. The SMILES string of the molecule is C=CCON=C(C(=O)NC1C(=O)N2CC(CSc3nnnn3C)(C(=O)O)CS[C@H]12)c1ccc(OC)c(Cl)c1. The van der Waals surface area contributed by atoms with Crippen LogP contribution in [-0.4, -0.2) is 96.9 Å². The molecule has 1 aromatic heterocycles. The highest BCUT2D eigenvalue weighted by Crippen LogP contribution is 2.44. The third-order valence-corrected chi connectivity index (χ3v) is 9.12. The van der Waals surface area contributed by atoms with E-state index in [0.29, 0.717) is 16.5 Å². The monoisotopic (exact) mass is 581 g/mol. The second-order valence-corrected chi connectivity index (χ2v) is 10.9. The molecular formula is C22H24ClN7O6S2. The molecule has 38 heavy (non-hydrogen) atoms. The smallest absolute Gasteiger partial charge is 0.313 e. The lowest BCUT2D eigenvalue weighted by Crippen LogP contribution is -2.74. The van der Waals surface area contributed by atoms with Gasteiger partial charge in [0.2, 0.25) is 11.1 Å². The summed E-state index contributed by atoms with van der Waals surface area (Å²) < 4.78 is 6.61. The zero-order chi connectivity index (χ0) is 27.4. The fraction of sp³-hybridized carbons (Fsp3) is 0.409. The number of carboxylic acids is 1. The van der Waals surface area contributed by atoms with Gasteiger partial charge in [0.25, 0.3) is 5.91 Å². The van der Waals surface area contributed by atoms with E-state index in [1.165, 1.54) is 52.4 Å². The normalized spacial score (nSPS) is 22.8. The van der Waals surface area contributed by atoms with Gasteiger partial charge in [-0.05, 0) is 28.6 Å². The van der Waals surface area contributed by atoms with Crippen molar-refractivity contribution in [2.45, 2.75) is 16.6 Å². The van der Waals surface area contributed by atoms with Gasteiger partial charge in [0.05, 0.1) is 12.1 Å². The van der Waals surface area contributed by atoms with Gasteiger partial charge < -0.3 is 24.9 Å². The van der Waals surface area contributed by atoms with Crippen molar-refractivity contribution >= 4 is 58.6 Å². The van der Waals surface area contributed by atoms with E-state index in [2.05, 4.69) is 32.6 Å². The summed E-state index contributed by atoms with van der Waals surface area (Å²) in [5.41, 5.74) is -0.928. The Hall–Kier alpha value is -3.30. The number of aliphatic carboxylic acids is 1. The average molecular weight is 582 g/mol. The Morgan fingerprint density at radius 1 is 1.47 bits per heavy atom. The summed E-state index contributed by atoms with van der Waals surface area (Å²) in [7, 11) is 3.13. The topological polar surface area (TPSA) is 161 Å². The largest absolute Gasteiger partial charge is 0.495 e. The molecule has 13 nitrogen and oxygen atoms in total. The molecule has 2 amide bonds. The number of hydrogen-bond acceptors (Lipinski definition) is 11. The number of carbonyl (C=O) groups is 3. The molecule has 4 rings (SSSR count). The predicted molar refractivity (Wildman–Crippen MR) is 140 cm³/mol. The summed E-state index contributed by atoms with van der Waals surface area (Å²) in [6.07, 6.45) is 1.47. The van der Waals surface area contributed by atoms with Crippen molar-refractivity contribution in [3.8, 4) is 5.75 Å². The van der Waals surface area contributed by atoms with Gasteiger partial charge in [0.1, 0.15) is 29.2 Å². The Kier molecular flexibility index (Phi) is 8.47. The van der Waals surface area contributed by atoms with Crippen LogP contribution in [0.4, 0.5) is 0 Å². The minimum absolute atomic E-state index is 0.000956. The van der Waals surface area contributed by atoms with E-state index < -0.39 is 28.7 Å². The summed E-state index contributed by atoms with van der Waals surface area (Å²) in [6.45, 7) is 3.62. The number of thioether (sulfide) groups is 2. The van der Waals surface area contributed by atoms with Gasteiger partial charge in [-0.3, -0.25) is 14.4 Å². The second-order valence-electron chi connectivity index (χ2n) is 8.45. The van der Waals surface area contributed by atoms with Crippen molar-refractivity contribution in [2.24, 2.45) is 17.6 Å². The molecule has 3 heterocycles. The van der Waals surface area contributed by atoms with Gasteiger partial charge in [0.15, 0.2) is 5.71 Å². The standard InChI is InChI=1S/C22H24ClN7O6S2/c1-4-7-36-26-15(12-5-6-14(35-3)13(23)8-12)17(31)24-16-18(32)30-9-22(20(33)34,10-37-19(16)30)11-38-21-25-27-28-29(21)2/h4-6,8,16,19H,1,7,9-11H2,2-3H3,(H,24,31)(H,33,34)/t16?,19-,22?/m1/s1. The first-order valence-electron chi connectivity index (χ1n) is 11.2. The van der Waals surface area contributed by atoms with E-state index in [9.17, 15) is 19.5 Å². The number of aromatic nitrogens is 4. The Balaban J connectivity index is 1.46. The molecule has 1 aromatic carbocycles. The lowest BCUT2D eigenvalue weighted by Gasteiger charge is -2.53. The van der Waals surface area contributed by atoms with E-state index >= 15 is 0 Å². The van der Waals surface area contributed by atoms with Gasteiger partial charge in [-0.15, -0.1) is 16.9 Å². The molecule has 0 radical (unpaired) electrons. The number of halogens is 1. The van der Waals surface area contributed by atoms with Gasteiger partial charge >= 0.3 is 5.97 Å². The maximum atomic E-state index is 13.2. The molecule has 0 saturated carbocycles. The fourth-order valence-electron chi connectivity index (χ4n) is 3.86. The fourth-order valence-corrected chi connectivity index (χ4v) is 6.82. The molecule has 0 spiro atoms. The van der Waals surface area contributed by atoms with Crippen LogP contribution in [0, 0.1) is 5.41 Å². The number of carboxylic acid groups (broad SMARTS) is 1. The Morgan fingerprint density at radius 2 is 2.26 bits per heavy atom. The number of β-lactam (4-membered cyclic amide) rings is 1. The molecule has 3 atom stereocenters. The van der Waals surface area contributed by atoms with Crippen LogP contribution >= 0.6 is 35.1 Å². The number of carbonyl (C=O) groups excluding carboxylic acids is 2. The highest BCUT2D eigenvalue weighted by molar-refractivity contribution is 8.00. The highest BCUT2D eigenvalue weighted by atomic mass is 35.5. The lowest BCUT2D eigenvalue weighted by molar-refractivity contribution is -0.157. The predicted octanol–water partition coefficient (Wildman–Crippen LogP) is 1.04. The molecule has 2 fully saturated rings. The van der Waals surface area contributed by atoms with Crippen LogP contribution in [0.1, 0.15) is 5.56 Å². The molecule has 2 unspecified atom stereocenters. The molecule has 2 aliphatic heterocycles. The van der Waals surface area contributed by atoms with E-state index in [1.807, 2.05) is 0 Å². The Bertz CT molecular complexity index is 1290. The lowest BCUT2D eigenvalue weighted by atomic mass is 9.89. The molecule has 0 aliphatic carbocycles. The second kappa shape index (κ2) is 11.6. The summed E-state index contributed by atoms with van der Waals surface area (Å²) >= 11 is 8.73. The van der Waals surface area contributed by atoms with Crippen LogP contribution in [0.15, 0.2) is 41.2 Å². The van der Waals surface area contributed by atoms with E-state index in [4.69, 9.17) is 21.2 Å². The first kappa shape index (κ1) is 27.7. The molecule has 0 bridgehead atoms. The van der Waals surface area contributed by atoms with Crippen molar-refractivity contribution in [3.63, 3.8) is 0 Å². The van der Waals surface area contributed by atoms with Crippen molar-refractivity contribution < 1.29 is 29.1 Å². The van der Waals surface area contributed by atoms with E-state index in [-0.39, 0.29) is 41.3 Å². The number of amides is 2. The van der Waals surface area contributed by atoms with Gasteiger partial charge in [-0.1, -0.05) is 41.2 Å². The third kappa shape index (κ3) is 5.44. The number of nitrogens with one attached hydrogen (secondary N) is 1. The maximum absolute atomic E-state index is 13.2. The molecule has 202 valence electrons. The quantitative estimate of drug-likeness (QED) is 0.0974. The molecule has 2 N–H and O–H groups in total. The van der Waals surface area contributed by atoms with Crippen LogP contribution in [0.3, 0.4) is 0 Å². The molecule has 2 saturated heterocycles. The first-order valence-corrected chi connectivity index (χ1v) is 13.6. The highest BCUT2D eigenvalue weighted by Gasteiger charge is 2.57. The minimum Gasteiger partial charge on any atom is -0.495 e. The average Bonchev–Trinajstić information content (AvgIpc) is 3.32. The van der Waals surface area contributed by atoms with E-state index in [1.54, 1.807) is 19.2 Å². The number of benzene rings is 1. The number of ether oxygens (including phenoxy) is 1. The van der Waals surface area contributed by atoms with E-state index in [0.717, 1.165) is 0 Å². The van der Waals surface area contributed by atoms with Crippen molar-refractivity contribution in [3.05, 3.63) is 41.4 Å². The zero-order valence-corrected chi connectivity index (χ0v) is 22.8. The van der Waals surface area contributed by atoms with Crippen molar-refractivity contribution in [1.29, 1.82) is 0 Å². The van der Waals surface area contributed by atoms with Crippen LogP contribution in [-0.2, 0) is 26.3 Å². The van der Waals surface area contributed by atoms with Crippen LogP contribution in [0.5, 0.6) is 5.75 Å². The molecule has 2 aliphatic rings. The maximum Gasteiger partial charge on any atom is 0.313 e. The molecular weight excluding hydrogens is 558 g/mol. The summed E-state index contributed by atoms with van der Waals surface area (Å²) in [4.78, 5) is 45.1. The Labute approximate surface area is 230 Å². The number of aryl methyl sites for hydroxylation is 1. The van der Waals surface area contributed by atoms with Crippen molar-refractivity contribution in [2.75, 3.05) is 31.8 Å². The summed E-state index contributed by atoms with van der Waals surface area (Å²) in [5.74, 6) is -1.22. The number of hydrogen-bond donors (Lipinski definition) is 2. The van der Waals surface area contributed by atoms with Crippen molar-refractivity contribution in [1.82, 2.24) is 30.4 Å². The zero-order valence-electron chi connectivity index (χ0n) is 20.4. The van der Waals surface area contributed by atoms with Gasteiger partial charge in [0, 0.05) is 30.7 Å². The van der Waals surface area contributed by atoms with Crippen LogP contribution < -0.4 is 10.1 Å². The first-order chi connectivity index (χ1) is 18.2. The van der Waals surface area contributed by atoms with Crippen LogP contribution in [0.25, 0.3) is 0 Å². The Morgan fingerprint density at radius 3 is 2.89 bits per heavy atom. The summed E-state index contributed by atoms with van der Waals surface area (Å²) in [6, 6.07) is 3.83. The number of tetrazole rings is 1. The minimum atomic E-state index is -1.20. The number of rotatable bonds is 11. The molecule has 16 heteroatoms. The molecule has 2 aromatic rings. The number of methoxy groups -OCH3 is 1. The van der Waals surface area contributed by atoms with Gasteiger partial charge in [-0.2, -0.15) is 0 Å². The number of fused-ring (bicyclic) bond motifs is 1. The van der Waals surface area contributed by atoms with Gasteiger partial charge in [-0.25, -0.2) is 4.68 Å². The summed E-state index contributed by atoms with van der Waals surface area (Å²) in [5, 5.41) is 28.2. The number of oxime groups is 1.